The second kappa shape index (κ2) is 13.3. The van der Waals surface area contributed by atoms with Gasteiger partial charge in [-0.25, -0.2) is 4.99 Å². The summed E-state index contributed by atoms with van der Waals surface area (Å²) in [5.74, 6) is 0.840. The molecule has 1 amide bonds. The maximum atomic E-state index is 11.8. The Morgan fingerprint density at radius 3 is 2.40 bits per heavy atom. The second-order valence-electron chi connectivity index (χ2n) is 7.15. The molecule has 0 saturated carbocycles. The van der Waals surface area contributed by atoms with Gasteiger partial charge in [0.15, 0.2) is 11.7 Å². The molecule has 2 heterocycles. The summed E-state index contributed by atoms with van der Waals surface area (Å²) < 4.78 is 5.07. The van der Waals surface area contributed by atoms with E-state index in [1.165, 1.54) is 43.3 Å². The largest absolute Gasteiger partial charge is 0.459 e. The van der Waals surface area contributed by atoms with E-state index in [1.54, 1.807) is 12.1 Å². The number of benzene rings is 1. The minimum absolute atomic E-state index is 0. The van der Waals surface area contributed by atoms with E-state index in [1.807, 2.05) is 6.92 Å². The third-order valence-corrected chi connectivity index (χ3v) is 4.84. The summed E-state index contributed by atoms with van der Waals surface area (Å²) in [5.41, 5.74) is 2.54. The molecule has 7 nitrogen and oxygen atoms in total. The number of carbonyl (C=O) groups excluding carboxylic acids is 1. The first-order valence-corrected chi connectivity index (χ1v) is 10.4. The zero-order valence-corrected chi connectivity index (χ0v) is 19.9. The van der Waals surface area contributed by atoms with Gasteiger partial charge in [-0.1, -0.05) is 24.3 Å². The van der Waals surface area contributed by atoms with Gasteiger partial charge in [0.25, 0.3) is 5.91 Å². The second-order valence-corrected chi connectivity index (χ2v) is 7.15. The molecule has 3 rings (SSSR count). The number of guanidine groups is 1. The Labute approximate surface area is 195 Å². The Kier molecular flexibility index (Phi) is 10.7. The fourth-order valence-corrected chi connectivity index (χ4v) is 3.31. The number of hydrogen-bond acceptors (Lipinski definition) is 4. The number of hydrogen-bond donors (Lipinski definition) is 3. The highest BCUT2D eigenvalue weighted by Gasteiger charge is 2.11. The van der Waals surface area contributed by atoms with Crippen molar-refractivity contribution in [2.45, 2.75) is 32.9 Å². The van der Waals surface area contributed by atoms with Crippen molar-refractivity contribution in [1.82, 2.24) is 20.9 Å². The maximum absolute atomic E-state index is 11.8. The highest BCUT2D eigenvalue weighted by molar-refractivity contribution is 14.0. The van der Waals surface area contributed by atoms with E-state index >= 15 is 0 Å². The Morgan fingerprint density at radius 1 is 1.03 bits per heavy atom. The smallest absolute Gasteiger partial charge is 0.287 e. The number of nitrogens with zero attached hydrogens (tertiary/aromatic N) is 2. The van der Waals surface area contributed by atoms with Crippen LogP contribution in [0, 0.1) is 0 Å². The van der Waals surface area contributed by atoms with E-state index in [9.17, 15) is 4.79 Å². The van der Waals surface area contributed by atoms with Crippen LogP contribution in [0.15, 0.2) is 52.1 Å². The molecule has 3 N–H and O–H groups in total. The van der Waals surface area contributed by atoms with Gasteiger partial charge in [0, 0.05) is 26.2 Å². The zero-order valence-electron chi connectivity index (χ0n) is 17.5. The highest BCUT2D eigenvalue weighted by atomic mass is 127. The van der Waals surface area contributed by atoms with Gasteiger partial charge >= 0.3 is 0 Å². The van der Waals surface area contributed by atoms with E-state index in [4.69, 9.17) is 4.42 Å². The van der Waals surface area contributed by atoms with E-state index in [0.717, 1.165) is 19.0 Å². The van der Waals surface area contributed by atoms with Crippen molar-refractivity contribution in [2.24, 2.45) is 4.99 Å². The van der Waals surface area contributed by atoms with Crippen LogP contribution in [-0.4, -0.2) is 49.5 Å². The van der Waals surface area contributed by atoms with Crippen LogP contribution in [0.2, 0.25) is 0 Å². The van der Waals surface area contributed by atoms with Crippen LogP contribution < -0.4 is 16.0 Å². The van der Waals surface area contributed by atoms with Gasteiger partial charge < -0.3 is 20.4 Å². The zero-order chi connectivity index (χ0) is 20.3. The van der Waals surface area contributed by atoms with Gasteiger partial charge in [0.05, 0.1) is 12.8 Å². The first kappa shape index (κ1) is 24.2. The molecule has 164 valence electrons. The number of furan rings is 1. The van der Waals surface area contributed by atoms with E-state index < -0.39 is 0 Å². The molecule has 30 heavy (non-hydrogen) atoms. The normalized spacial score (nSPS) is 14.2. The SMILES string of the molecule is CCNC(=NCc1ccc(CN2CCCC2)cc1)NCCNC(=O)c1ccco1.I. The van der Waals surface area contributed by atoms with Gasteiger partial charge in [-0.2, -0.15) is 0 Å². The monoisotopic (exact) mass is 525 g/mol. The van der Waals surface area contributed by atoms with Crippen molar-refractivity contribution in [3.63, 3.8) is 0 Å². The number of nitrogens with one attached hydrogen (secondary N) is 3. The Morgan fingerprint density at radius 2 is 1.73 bits per heavy atom. The summed E-state index contributed by atoms with van der Waals surface area (Å²) in [6, 6.07) is 12.1. The molecule has 1 fully saturated rings. The predicted octanol–water partition coefficient (Wildman–Crippen LogP) is 2.98. The average Bonchev–Trinajstić information content (AvgIpc) is 3.44. The lowest BCUT2D eigenvalue weighted by Crippen LogP contribution is -2.41. The van der Waals surface area contributed by atoms with Gasteiger partial charge in [-0.3, -0.25) is 9.69 Å². The first-order chi connectivity index (χ1) is 14.2. The molecular weight excluding hydrogens is 493 g/mol. The molecule has 0 unspecified atom stereocenters. The van der Waals surface area contributed by atoms with Gasteiger partial charge in [0.1, 0.15) is 0 Å². The summed E-state index contributed by atoms with van der Waals surface area (Å²) in [5, 5.41) is 9.28. The lowest BCUT2D eigenvalue weighted by molar-refractivity contribution is 0.0926. The quantitative estimate of drug-likeness (QED) is 0.203. The fourth-order valence-electron chi connectivity index (χ4n) is 3.31. The van der Waals surface area contributed by atoms with Crippen LogP contribution in [0.5, 0.6) is 0 Å². The van der Waals surface area contributed by atoms with Crippen molar-refractivity contribution >= 4 is 35.8 Å². The van der Waals surface area contributed by atoms with Crippen LogP contribution in [0.4, 0.5) is 0 Å². The molecule has 0 radical (unpaired) electrons. The van der Waals surface area contributed by atoms with Crippen molar-refractivity contribution in [2.75, 3.05) is 32.7 Å². The molecule has 1 aliphatic rings. The summed E-state index contributed by atoms with van der Waals surface area (Å²) in [7, 11) is 0. The van der Waals surface area contributed by atoms with E-state index in [0.29, 0.717) is 25.4 Å². The Hall–Kier alpha value is -2.07. The minimum atomic E-state index is -0.215. The van der Waals surface area contributed by atoms with Crippen molar-refractivity contribution in [3.8, 4) is 0 Å². The third-order valence-electron chi connectivity index (χ3n) is 4.84. The maximum Gasteiger partial charge on any atom is 0.287 e. The summed E-state index contributed by atoms with van der Waals surface area (Å²) in [6.07, 6.45) is 4.13. The number of amides is 1. The molecule has 1 saturated heterocycles. The molecule has 0 spiro atoms. The van der Waals surface area contributed by atoms with Crippen molar-refractivity contribution in [1.29, 1.82) is 0 Å². The molecular formula is C22H32IN5O2. The number of likely N-dealkylation sites (tertiary alicyclic amines) is 1. The molecule has 8 heteroatoms. The van der Waals surface area contributed by atoms with E-state index in [2.05, 4.69) is 50.1 Å². The standard InChI is InChI=1S/C22H31N5O2.HI/c1-2-23-22(25-12-11-24-21(28)20-6-5-15-29-20)26-16-18-7-9-19(10-8-18)17-27-13-3-4-14-27;/h5-10,15H,2-4,11-14,16-17H2,1H3,(H,24,28)(H2,23,25,26);1H. The number of rotatable bonds is 9. The molecule has 2 aromatic rings. The topological polar surface area (TPSA) is 81.9 Å². The Bertz CT molecular complexity index is 771. The van der Waals surface area contributed by atoms with Crippen LogP contribution >= 0.6 is 24.0 Å². The lowest BCUT2D eigenvalue weighted by Gasteiger charge is -2.14. The molecule has 1 aliphatic heterocycles. The lowest BCUT2D eigenvalue weighted by atomic mass is 10.1. The fraction of sp³-hybridized carbons (Fsp3) is 0.455. The number of aliphatic imine (C=N–C) groups is 1. The molecule has 0 atom stereocenters. The predicted molar refractivity (Wildman–Crippen MR) is 130 cm³/mol. The van der Waals surface area contributed by atoms with Crippen molar-refractivity contribution in [3.05, 3.63) is 59.5 Å². The third kappa shape index (κ3) is 7.98. The average molecular weight is 525 g/mol. The number of halogens is 1. The van der Waals surface area contributed by atoms with Crippen molar-refractivity contribution < 1.29 is 9.21 Å². The van der Waals surface area contributed by atoms with Crippen LogP contribution in [0.3, 0.4) is 0 Å². The minimum Gasteiger partial charge on any atom is -0.459 e. The summed E-state index contributed by atoms with van der Waals surface area (Å²) in [4.78, 5) is 19.0. The van der Waals surface area contributed by atoms with Crippen LogP contribution in [0.1, 0.15) is 41.4 Å². The van der Waals surface area contributed by atoms with Crippen LogP contribution in [0.25, 0.3) is 0 Å². The van der Waals surface area contributed by atoms with Gasteiger partial charge in [-0.15, -0.1) is 24.0 Å². The highest BCUT2D eigenvalue weighted by Crippen LogP contribution is 2.13. The molecule has 0 aliphatic carbocycles. The van der Waals surface area contributed by atoms with Gasteiger partial charge in [-0.05, 0) is 56.1 Å². The Balaban J connectivity index is 0.00000320. The summed E-state index contributed by atoms with van der Waals surface area (Å²) >= 11 is 0. The summed E-state index contributed by atoms with van der Waals surface area (Å²) in [6.45, 7) is 7.94. The molecule has 1 aromatic heterocycles. The van der Waals surface area contributed by atoms with E-state index in [-0.39, 0.29) is 29.9 Å². The molecule has 0 bridgehead atoms. The number of carbonyl (C=O) groups is 1. The van der Waals surface area contributed by atoms with Gasteiger partial charge in [0.2, 0.25) is 0 Å². The molecule has 1 aromatic carbocycles. The first-order valence-electron chi connectivity index (χ1n) is 10.4. The van der Waals surface area contributed by atoms with Crippen LogP contribution in [-0.2, 0) is 13.1 Å².